The van der Waals surface area contributed by atoms with E-state index in [0.717, 1.165) is 34.6 Å². The van der Waals surface area contributed by atoms with Crippen LogP contribution in [0.3, 0.4) is 0 Å². The Balaban J connectivity index is 1.94. The highest BCUT2D eigenvalue weighted by atomic mass is 79.9. The van der Waals surface area contributed by atoms with Crippen molar-refractivity contribution in [1.82, 2.24) is 4.98 Å². The SMILES string of the molecule is CC(C)COc1cccc(NCc2cncc(Br)c2)c1. The maximum absolute atomic E-state index is 5.72. The molecule has 0 unspecified atom stereocenters. The summed E-state index contributed by atoms with van der Waals surface area (Å²) in [4.78, 5) is 4.15. The molecule has 0 aliphatic rings. The van der Waals surface area contributed by atoms with Crippen LogP contribution in [-0.2, 0) is 6.54 Å². The lowest BCUT2D eigenvalue weighted by Gasteiger charge is -2.11. The molecule has 0 bridgehead atoms. The smallest absolute Gasteiger partial charge is 0.121 e. The van der Waals surface area contributed by atoms with Gasteiger partial charge >= 0.3 is 0 Å². The summed E-state index contributed by atoms with van der Waals surface area (Å²) in [6.45, 7) is 5.75. The van der Waals surface area contributed by atoms with E-state index in [0.29, 0.717) is 5.92 Å². The zero-order valence-electron chi connectivity index (χ0n) is 11.8. The molecule has 106 valence electrons. The summed E-state index contributed by atoms with van der Waals surface area (Å²) in [6.07, 6.45) is 3.64. The highest BCUT2D eigenvalue weighted by molar-refractivity contribution is 9.10. The summed E-state index contributed by atoms with van der Waals surface area (Å²) in [6, 6.07) is 10.1. The van der Waals surface area contributed by atoms with Crippen LogP contribution < -0.4 is 10.1 Å². The molecule has 1 heterocycles. The molecule has 4 heteroatoms. The van der Waals surface area contributed by atoms with Gasteiger partial charge in [0.1, 0.15) is 5.75 Å². The number of hydrogen-bond acceptors (Lipinski definition) is 3. The van der Waals surface area contributed by atoms with Crippen molar-refractivity contribution in [3.63, 3.8) is 0 Å². The standard InChI is InChI=1S/C16H19BrN2O/c1-12(2)11-20-16-5-3-4-15(7-16)19-9-13-6-14(17)10-18-8-13/h3-8,10,12,19H,9,11H2,1-2H3. The molecule has 1 aromatic carbocycles. The van der Waals surface area contributed by atoms with Gasteiger partial charge in [-0.25, -0.2) is 0 Å². The summed E-state index contributed by atoms with van der Waals surface area (Å²) in [7, 11) is 0. The summed E-state index contributed by atoms with van der Waals surface area (Å²) >= 11 is 3.42. The Morgan fingerprint density at radius 2 is 2.10 bits per heavy atom. The Morgan fingerprint density at radius 1 is 1.25 bits per heavy atom. The molecule has 0 atom stereocenters. The molecule has 0 spiro atoms. The molecule has 0 aliphatic heterocycles. The number of nitrogens with zero attached hydrogens (tertiary/aromatic N) is 1. The van der Waals surface area contributed by atoms with Crippen molar-refractivity contribution >= 4 is 21.6 Å². The second kappa shape index (κ2) is 7.29. The van der Waals surface area contributed by atoms with E-state index in [1.165, 1.54) is 0 Å². The third-order valence-corrected chi connectivity index (χ3v) is 3.11. The molecular formula is C16H19BrN2O. The fourth-order valence-corrected chi connectivity index (χ4v) is 2.13. The topological polar surface area (TPSA) is 34.1 Å². The number of halogens is 1. The fraction of sp³-hybridized carbons (Fsp3) is 0.312. The maximum atomic E-state index is 5.72. The van der Waals surface area contributed by atoms with Gasteiger partial charge in [0.2, 0.25) is 0 Å². The second-order valence-electron chi connectivity index (χ2n) is 5.10. The van der Waals surface area contributed by atoms with Gasteiger partial charge in [0.05, 0.1) is 6.61 Å². The number of rotatable bonds is 6. The molecule has 3 nitrogen and oxygen atoms in total. The van der Waals surface area contributed by atoms with Gasteiger partial charge in [0.15, 0.2) is 0 Å². The van der Waals surface area contributed by atoms with E-state index < -0.39 is 0 Å². The van der Waals surface area contributed by atoms with Crippen LogP contribution in [0.5, 0.6) is 5.75 Å². The van der Waals surface area contributed by atoms with E-state index in [4.69, 9.17) is 4.74 Å². The fourth-order valence-electron chi connectivity index (χ4n) is 1.72. The average molecular weight is 335 g/mol. The zero-order valence-corrected chi connectivity index (χ0v) is 13.4. The van der Waals surface area contributed by atoms with Crippen LogP contribution in [-0.4, -0.2) is 11.6 Å². The first kappa shape index (κ1) is 14.9. The lowest BCUT2D eigenvalue weighted by Crippen LogP contribution is -2.05. The van der Waals surface area contributed by atoms with E-state index in [1.807, 2.05) is 30.5 Å². The van der Waals surface area contributed by atoms with Crippen molar-refractivity contribution in [3.8, 4) is 5.75 Å². The highest BCUT2D eigenvalue weighted by Gasteiger charge is 2.00. The normalized spacial score (nSPS) is 10.6. The van der Waals surface area contributed by atoms with E-state index in [-0.39, 0.29) is 0 Å². The minimum Gasteiger partial charge on any atom is -0.493 e. The number of pyridine rings is 1. The molecule has 0 saturated heterocycles. The Labute approximate surface area is 128 Å². The number of hydrogen-bond donors (Lipinski definition) is 1. The molecule has 1 N–H and O–H groups in total. The summed E-state index contributed by atoms with van der Waals surface area (Å²) in [5, 5.41) is 3.38. The minimum absolute atomic E-state index is 0.527. The summed E-state index contributed by atoms with van der Waals surface area (Å²) in [5.41, 5.74) is 2.18. The first-order chi connectivity index (χ1) is 9.63. The minimum atomic E-state index is 0.527. The van der Waals surface area contributed by atoms with Gasteiger partial charge in [-0.1, -0.05) is 19.9 Å². The van der Waals surface area contributed by atoms with Gasteiger partial charge in [-0.05, 0) is 45.6 Å². The molecule has 0 radical (unpaired) electrons. The van der Waals surface area contributed by atoms with Gasteiger partial charge in [0, 0.05) is 35.2 Å². The molecule has 1 aromatic heterocycles. The molecule has 2 aromatic rings. The van der Waals surface area contributed by atoms with Gasteiger partial charge in [-0.2, -0.15) is 0 Å². The zero-order chi connectivity index (χ0) is 14.4. The van der Waals surface area contributed by atoms with E-state index in [9.17, 15) is 0 Å². The van der Waals surface area contributed by atoms with Gasteiger partial charge in [-0.3, -0.25) is 4.98 Å². The van der Waals surface area contributed by atoms with E-state index in [1.54, 1.807) is 6.20 Å². The second-order valence-corrected chi connectivity index (χ2v) is 6.01. The van der Waals surface area contributed by atoms with Crippen LogP contribution >= 0.6 is 15.9 Å². The monoisotopic (exact) mass is 334 g/mol. The van der Waals surface area contributed by atoms with Gasteiger partial charge in [0.25, 0.3) is 0 Å². The molecule has 2 rings (SSSR count). The van der Waals surface area contributed by atoms with E-state index in [2.05, 4.69) is 46.1 Å². The van der Waals surface area contributed by atoms with Crippen molar-refractivity contribution in [1.29, 1.82) is 0 Å². The van der Waals surface area contributed by atoms with Crippen molar-refractivity contribution in [2.75, 3.05) is 11.9 Å². The Hall–Kier alpha value is -1.55. The first-order valence-electron chi connectivity index (χ1n) is 6.69. The molecular weight excluding hydrogens is 316 g/mol. The Kier molecular flexibility index (Phi) is 5.41. The molecule has 20 heavy (non-hydrogen) atoms. The maximum Gasteiger partial charge on any atom is 0.121 e. The van der Waals surface area contributed by atoms with Crippen LogP contribution in [0.25, 0.3) is 0 Å². The Bertz CT molecular complexity index is 558. The highest BCUT2D eigenvalue weighted by Crippen LogP contribution is 2.19. The Morgan fingerprint density at radius 3 is 2.85 bits per heavy atom. The molecule has 0 amide bonds. The summed E-state index contributed by atoms with van der Waals surface area (Å²) < 4.78 is 6.71. The van der Waals surface area contributed by atoms with Gasteiger partial charge < -0.3 is 10.1 Å². The average Bonchev–Trinajstić information content (AvgIpc) is 2.43. The van der Waals surface area contributed by atoms with Crippen LogP contribution in [0.4, 0.5) is 5.69 Å². The van der Waals surface area contributed by atoms with Crippen LogP contribution in [0.1, 0.15) is 19.4 Å². The predicted octanol–water partition coefficient (Wildman–Crippen LogP) is 4.49. The number of ether oxygens (including phenoxy) is 1. The summed E-state index contributed by atoms with van der Waals surface area (Å²) in [5.74, 6) is 1.43. The largest absolute Gasteiger partial charge is 0.493 e. The van der Waals surface area contributed by atoms with Crippen LogP contribution in [0.15, 0.2) is 47.2 Å². The van der Waals surface area contributed by atoms with Crippen molar-refractivity contribution < 1.29 is 4.74 Å². The number of anilines is 1. The van der Waals surface area contributed by atoms with Crippen LogP contribution in [0, 0.1) is 5.92 Å². The van der Waals surface area contributed by atoms with Crippen LogP contribution in [0.2, 0.25) is 0 Å². The third-order valence-electron chi connectivity index (χ3n) is 2.68. The third kappa shape index (κ3) is 4.85. The number of nitrogens with one attached hydrogen (secondary N) is 1. The molecule has 0 aliphatic carbocycles. The quantitative estimate of drug-likeness (QED) is 0.844. The number of aromatic nitrogens is 1. The van der Waals surface area contributed by atoms with Crippen molar-refractivity contribution in [2.45, 2.75) is 20.4 Å². The van der Waals surface area contributed by atoms with Crippen molar-refractivity contribution in [3.05, 3.63) is 52.8 Å². The molecule has 0 saturated carbocycles. The van der Waals surface area contributed by atoms with E-state index >= 15 is 0 Å². The lowest BCUT2D eigenvalue weighted by atomic mass is 10.2. The predicted molar refractivity (Wildman–Crippen MR) is 86.0 cm³/mol. The first-order valence-corrected chi connectivity index (χ1v) is 7.49. The lowest BCUT2D eigenvalue weighted by molar-refractivity contribution is 0.271. The molecule has 0 fully saturated rings. The van der Waals surface area contributed by atoms with Gasteiger partial charge in [-0.15, -0.1) is 0 Å². The van der Waals surface area contributed by atoms with Crippen molar-refractivity contribution in [2.24, 2.45) is 5.92 Å². The number of benzene rings is 1.